The van der Waals surface area contributed by atoms with Gasteiger partial charge in [-0.2, -0.15) is 5.48 Å². The van der Waals surface area contributed by atoms with Crippen LogP contribution in [-0.4, -0.2) is 25.8 Å². The Kier molecular flexibility index (Phi) is 9.92. The van der Waals surface area contributed by atoms with Gasteiger partial charge in [0.05, 0.1) is 13.2 Å². The molecular formula is C12H27N2O2. The molecule has 2 unspecified atom stereocenters. The normalized spacial score (nSPS) is 15.4. The van der Waals surface area contributed by atoms with E-state index in [-0.39, 0.29) is 6.04 Å². The first-order valence-electron chi connectivity index (χ1n) is 6.12. The van der Waals surface area contributed by atoms with E-state index in [4.69, 9.17) is 9.68 Å². The lowest BCUT2D eigenvalue weighted by molar-refractivity contribution is -0.0491. The molecule has 4 heteroatoms. The zero-order valence-corrected chi connectivity index (χ0v) is 11.2. The van der Waals surface area contributed by atoms with Crippen molar-refractivity contribution in [2.75, 3.05) is 13.7 Å². The summed E-state index contributed by atoms with van der Waals surface area (Å²) in [7, 11) is 1.63. The van der Waals surface area contributed by atoms with Gasteiger partial charge in [0.2, 0.25) is 0 Å². The minimum atomic E-state index is 0.263. The van der Waals surface area contributed by atoms with Gasteiger partial charge in [0.1, 0.15) is 0 Å². The molecule has 0 aliphatic rings. The van der Waals surface area contributed by atoms with E-state index >= 15 is 0 Å². The van der Waals surface area contributed by atoms with Crippen molar-refractivity contribution in [3.05, 3.63) is 6.42 Å². The smallest absolute Gasteiger partial charge is 0.0810 e. The fourth-order valence-corrected chi connectivity index (χ4v) is 1.48. The number of nitrogens with one attached hydrogen (secondary N) is 2. The molecule has 0 aliphatic carbocycles. The lowest BCUT2D eigenvalue weighted by Crippen LogP contribution is -2.30. The molecule has 16 heavy (non-hydrogen) atoms. The van der Waals surface area contributed by atoms with Crippen LogP contribution in [0.5, 0.6) is 0 Å². The Morgan fingerprint density at radius 1 is 1.25 bits per heavy atom. The molecule has 0 spiro atoms. The molecule has 0 aromatic carbocycles. The Morgan fingerprint density at radius 2 is 1.94 bits per heavy atom. The van der Waals surface area contributed by atoms with E-state index in [0.717, 1.165) is 19.4 Å². The second-order valence-electron chi connectivity index (χ2n) is 4.34. The molecular weight excluding hydrogens is 204 g/mol. The number of hydrogen-bond acceptors (Lipinski definition) is 4. The van der Waals surface area contributed by atoms with Gasteiger partial charge in [0.15, 0.2) is 0 Å². The summed E-state index contributed by atoms with van der Waals surface area (Å²) in [6, 6.07) is 0.263. The highest BCUT2D eigenvalue weighted by Crippen LogP contribution is 2.08. The van der Waals surface area contributed by atoms with Gasteiger partial charge >= 0.3 is 0 Å². The van der Waals surface area contributed by atoms with Crippen LogP contribution in [-0.2, 0) is 9.68 Å². The van der Waals surface area contributed by atoms with Crippen LogP contribution >= 0.6 is 0 Å². The molecule has 2 N–H and O–H groups in total. The van der Waals surface area contributed by atoms with Crippen molar-refractivity contribution >= 4 is 0 Å². The molecule has 0 aliphatic heterocycles. The standard InChI is InChI=1S/C12H27N2O2/c1-6-12(10(2)3)16-13-9-7-8-11(4)14-15-5/h8,10-14H,6-7,9H2,1-5H3. The first kappa shape index (κ1) is 15.8. The lowest BCUT2D eigenvalue weighted by atomic mass is 10.1. The Bertz CT molecular complexity index is 154. The van der Waals surface area contributed by atoms with Crippen molar-refractivity contribution < 1.29 is 9.68 Å². The average molecular weight is 231 g/mol. The summed E-state index contributed by atoms with van der Waals surface area (Å²) in [5.41, 5.74) is 5.87. The third-order valence-corrected chi connectivity index (χ3v) is 2.45. The molecule has 1 radical (unpaired) electrons. The molecule has 0 rings (SSSR count). The quantitative estimate of drug-likeness (QED) is 0.446. The highest BCUT2D eigenvalue weighted by molar-refractivity contribution is 4.76. The Morgan fingerprint density at radius 3 is 2.44 bits per heavy atom. The number of hydrogen-bond donors (Lipinski definition) is 2. The fraction of sp³-hybridized carbons (Fsp3) is 0.917. The summed E-state index contributed by atoms with van der Waals surface area (Å²) in [5, 5.41) is 0. The maximum absolute atomic E-state index is 5.57. The SMILES string of the molecule is CCC(ONCC[CH]C(C)NOC)C(C)C. The highest BCUT2D eigenvalue weighted by atomic mass is 16.7. The van der Waals surface area contributed by atoms with Gasteiger partial charge in [-0.3, -0.25) is 4.84 Å². The van der Waals surface area contributed by atoms with Crippen molar-refractivity contribution in [2.45, 2.75) is 52.7 Å². The summed E-state index contributed by atoms with van der Waals surface area (Å²) in [4.78, 5) is 10.4. The van der Waals surface area contributed by atoms with E-state index in [2.05, 4.69) is 38.2 Å². The number of rotatable bonds is 10. The van der Waals surface area contributed by atoms with Crippen LogP contribution in [0.2, 0.25) is 0 Å². The Hall–Kier alpha value is -0.160. The van der Waals surface area contributed by atoms with Crippen LogP contribution in [0.3, 0.4) is 0 Å². The second-order valence-corrected chi connectivity index (χ2v) is 4.34. The first-order valence-corrected chi connectivity index (χ1v) is 6.12. The third-order valence-electron chi connectivity index (χ3n) is 2.45. The van der Waals surface area contributed by atoms with E-state index < -0.39 is 0 Å². The lowest BCUT2D eigenvalue weighted by Gasteiger charge is -2.19. The summed E-state index contributed by atoms with van der Waals surface area (Å²) in [5.74, 6) is 0.551. The van der Waals surface area contributed by atoms with Crippen molar-refractivity contribution in [1.29, 1.82) is 0 Å². The molecule has 0 bridgehead atoms. The summed E-state index contributed by atoms with van der Waals surface area (Å²) in [6.45, 7) is 9.37. The molecule has 0 saturated heterocycles. The zero-order chi connectivity index (χ0) is 12.4. The van der Waals surface area contributed by atoms with Gasteiger partial charge in [-0.1, -0.05) is 20.8 Å². The molecule has 0 fully saturated rings. The van der Waals surface area contributed by atoms with Crippen molar-refractivity contribution in [2.24, 2.45) is 5.92 Å². The average Bonchev–Trinajstić information content (AvgIpc) is 2.23. The second kappa shape index (κ2) is 10.0. The molecule has 0 aromatic heterocycles. The monoisotopic (exact) mass is 231 g/mol. The summed E-state index contributed by atoms with van der Waals surface area (Å²) >= 11 is 0. The van der Waals surface area contributed by atoms with Gasteiger partial charge in [-0.05, 0) is 32.1 Å². The highest BCUT2D eigenvalue weighted by Gasteiger charge is 2.11. The Labute approximate surface area is 100.0 Å². The minimum Gasteiger partial charge on any atom is -0.305 e. The number of hydroxylamine groups is 2. The molecule has 97 valence electrons. The van der Waals surface area contributed by atoms with Gasteiger partial charge in [0.25, 0.3) is 0 Å². The maximum Gasteiger partial charge on any atom is 0.0810 e. The van der Waals surface area contributed by atoms with E-state index in [1.54, 1.807) is 7.11 Å². The van der Waals surface area contributed by atoms with E-state index in [1.807, 2.05) is 6.92 Å². The predicted molar refractivity (Wildman–Crippen MR) is 66.5 cm³/mol. The van der Waals surface area contributed by atoms with E-state index in [9.17, 15) is 0 Å². The third kappa shape index (κ3) is 8.05. The molecule has 0 aromatic rings. The van der Waals surface area contributed by atoms with Gasteiger partial charge in [-0.15, -0.1) is 0 Å². The Balaban J connectivity index is 3.38. The minimum absolute atomic E-state index is 0.263. The predicted octanol–water partition coefficient (Wildman–Crippen LogP) is 2.08. The molecule has 0 saturated carbocycles. The zero-order valence-electron chi connectivity index (χ0n) is 11.2. The van der Waals surface area contributed by atoms with Crippen LogP contribution in [0.4, 0.5) is 0 Å². The largest absolute Gasteiger partial charge is 0.305 e. The van der Waals surface area contributed by atoms with Gasteiger partial charge in [0, 0.05) is 12.6 Å². The van der Waals surface area contributed by atoms with E-state index in [1.165, 1.54) is 0 Å². The summed E-state index contributed by atoms with van der Waals surface area (Å²) < 4.78 is 0. The molecule has 0 heterocycles. The maximum atomic E-state index is 5.57. The molecule has 0 amide bonds. The molecule has 2 atom stereocenters. The van der Waals surface area contributed by atoms with Crippen LogP contribution in [0.1, 0.15) is 40.5 Å². The van der Waals surface area contributed by atoms with E-state index in [0.29, 0.717) is 12.0 Å². The van der Waals surface area contributed by atoms with Crippen LogP contribution in [0, 0.1) is 12.3 Å². The first-order chi connectivity index (χ1) is 7.61. The topological polar surface area (TPSA) is 42.5 Å². The van der Waals surface area contributed by atoms with Crippen molar-refractivity contribution in [3.8, 4) is 0 Å². The van der Waals surface area contributed by atoms with Crippen LogP contribution in [0.25, 0.3) is 0 Å². The van der Waals surface area contributed by atoms with Gasteiger partial charge in [-0.25, -0.2) is 5.48 Å². The van der Waals surface area contributed by atoms with Crippen LogP contribution < -0.4 is 11.0 Å². The fourth-order valence-electron chi connectivity index (χ4n) is 1.48. The van der Waals surface area contributed by atoms with Crippen molar-refractivity contribution in [1.82, 2.24) is 11.0 Å². The summed E-state index contributed by atoms with van der Waals surface area (Å²) in [6.07, 6.45) is 4.44. The van der Waals surface area contributed by atoms with Crippen LogP contribution in [0.15, 0.2) is 0 Å². The molecule has 4 nitrogen and oxygen atoms in total. The van der Waals surface area contributed by atoms with Crippen molar-refractivity contribution in [3.63, 3.8) is 0 Å². The van der Waals surface area contributed by atoms with Gasteiger partial charge < -0.3 is 4.84 Å².